The summed E-state index contributed by atoms with van der Waals surface area (Å²) in [6.45, 7) is 14.2. The molecule has 9 atom stereocenters. The van der Waals surface area contributed by atoms with E-state index in [0.717, 1.165) is 128 Å². The van der Waals surface area contributed by atoms with Crippen molar-refractivity contribution in [2.24, 2.45) is 58.7 Å². The van der Waals surface area contributed by atoms with E-state index < -0.39 is 74.9 Å². The Labute approximate surface area is 863 Å². The minimum absolute atomic E-state index is 0.119. The maximum atomic E-state index is 13.6. The van der Waals surface area contributed by atoms with E-state index in [-0.39, 0.29) is 144 Å². The molecule has 33 nitrogen and oxygen atoms in total. The zero-order valence-corrected chi connectivity index (χ0v) is 87.0. The van der Waals surface area contributed by atoms with Crippen LogP contribution in [0.4, 0.5) is 28.4 Å². The zero-order chi connectivity index (χ0) is 107. The van der Waals surface area contributed by atoms with Gasteiger partial charge < -0.3 is 34.7 Å². The average molecular weight is 2020 g/mol. The number of amides is 17. The van der Waals surface area contributed by atoms with Crippen LogP contribution in [-0.2, 0) is 39.1 Å². The van der Waals surface area contributed by atoms with Gasteiger partial charge in [0, 0.05) is 94.1 Å². The highest BCUT2D eigenvalue weighted by Gasteiger charge is 2.70. The zero-order valence-electron chi connectivity index (χ0n) is 87.0. The maximum Gasteiger partial charge on any atom is 0.328 e. The summed E-state index contributed by atoms with van der Waals surface area (Å²) in [6, 6.07) is 42.3. The molecule has 21 rings (SSSR count). The molecule has 34 heteroatoms. The van der Waals surface area contributed by atoms with Gasteiger partial charge in [-0.3, -0.25) is 91.8 Å². The van der Waals surface area contributed by atoms with Crippen molar-refractivity contribution in [1.29, 1.82) is 0 Å². The van der Waals surface area contributed by atoms with E-state index in [9.17, 15) is 90.7 Å². The molecule has 7 aromatic rings. The number of hydrogen-bond donors (Lipinski definition) is 1. The van der Waals surface area contributed by atoms with Crippen LogP contribution in [0.15, 0.2) is 189 Å². The molecule has 0 radical (unpaired) electrons. The van der Waals surface area contributed by atoms with Crippen molar-refractivity contribution in [2.45, 2.75) is 230 Å². The molecule has 8 heterocycles. The summed E-state index contributed by atoms with van der Waals surface area (Å²) in [7, 11) is 9.96. The van der Waals surface area contributed by atoms with Gasteiger partial charge in [0.15, 0.2) is 46.3 Å². The first kappa shape index (κ1) is 108. The van der Waals surface area contributed by atoms with E-state index in [4.69, 9.17) is 0 Å². The first-order valence-electron chi connectivity index (χ1n) is 51.8. The summed E-state index contributed by atoms with van der Waals surface area (Å²) in [5.74, 6) is -0.910. The Morgan fingerprint density at radius 1 is 0.385 bits per heavy atom. The smallest absolute Gasteiger partial charge is 0.328 e. The number of carbonyl (C=O) groups is 18. The summed E-state index contributed by atoms with van der Waals surface area (Å²) < 4.78 is 13.3. The van der Waals surface area contributed by atoms with Crippen LogP contribution in [0.1, 0.15) is 258 Å². The molecular formula is C114H136FN15O18. The molecule has 8 aliphatic carbocycles. The second-order valence-corrected chi connectivity index (χ2v) is 43.7. The van der Waals surface area contributed by atoms with Crippen molar-refractivity contribution >= 4 is 106 Å². The van der Waals surface area contributed by atoms with Gasteiger partial charge in [-0.05, 0) is 214 Å². The summed E-state index contributed by atoms with van der Waals surface area (Å²) >= 11 is 0. The lowest BCUT2D eigenvalue weighted by atomic mass is 9.44. The highest BCUT2D eigenvalue weighted by molar-refractivity contribution is 6.20. The Hall–Kier alpha value is -14.1. The predicted octanol–water partition coefficient (Wildman–Crippen LogP) is 15.5. The third-order valence-electron chi connectivity index (χ3n) is 35.1. The minimum Gasteiger partial charge on any atom is -0.334 e. The van der Waals surface area contributed by atoms with E-state index in [1.54, 1.807) is 193 Å². The van der Waals surface area contributed by atoms with Gasteiger partial charge >= 0.3 is 30.2 Å². The number of hydrogen-bond acceptors (Lipinski definition) is 21. The van der Waals surface area contributed by atoms with Crippen molar-refractivity contribution in [3.63, 3.8) is 0 Å². The fraction of sp³-hybridized carbons (Fsp3) is 0.500. The second-order valence-electron chi connectivity index (χ2n) is 43.7. The van der Waals surface area contributed by atoms with Crippen molar-refractivity contribution in [1.82, 2.24) is 74.2 Å². The number of nitrogens with one attached hydrogen (secondary N) is 1. The Morgan fingerprint density at radius 2 is 0.750 bits per heavy atom. The lowest BCUT2D eigenvalue weighted by molar-refractivity contribution is -0.156. The molecule has 4 bridgehead atoms. The van der Waals surface area contributed by atoms with Crippen LogP contribution in [0.5, 0.6) is 0 Å². The minimum atomic E-state index is -1.21. The number of aromatic nitrogens is 3. The average Bonchev–Trinajstić information content (AvgIpc) is 1.49. The summed E-state index contributed by atoms with van der Waals surface area (Å²) in [5, 5.41) is 2.69. The SMILES string of the molecule is CC(C)[C@@H]1CC[C@@H](C)C[C@@]12C(=O)C(NC(=O)c1ccccc1)C(=O)N2C.CN1C(=O)N(CC(=O)c2cccc(F)c2)C(=O)C1(C)C1CCCC1.CN1C(=O)N(CC(=O)c2ccccc2)C(=O)C1(C)C12CC3CC(CC(C3)C1)C2.CN1C(=O)N(CC(=O)c2ccccc2)C(=O)C1(C)C1CCC1.CN1C(=O)N(CC(=O)c2ccccc2)C(=O)C1(C)c1ccccn1.CN1C(=O)N(CC(=O)c2cncnc2)C(=O)C1(C)C1CCCCC1. The van der Waals surface area contributed by atoms with Crippen LogP contribution in [0.25, 0.3) is 0 Å². The monoisotopic (exact) mass is 2020 g/mol. The standard InChI is InChI=1S/C23H28N2O3.C21H28N2O3.C18H21FN2O3.C18H17N3O3.C17H22N4O3.C17H20N2O3/c1-22(23-11-15-8-16(12-23)10-17(9-15)13-23)20(27)25(21(28)24(22)2)14-19(26)18-6-4-3-5-7-18;1-13(2)16-11-10-14(3)12-21(16)18(24)17(20(26)23(21)4)22-19(25)15-8-6-5-7-9-15;1-18(13-7-3-4-8-13)16(23)21(17(24)20(18)2)11-15(22)12-6-5-9-14(19)10-12;1-18(15-10-6-7-11-19-15)16(23)21(17(24)20(18)2)12-14(22)13-8-4-3-5-9-13;1-17(13-6-4-3-5-7-13)15(23)21(16(24)20(17)2)10-14(22)12-8-18-11-19-9-12;1-17(13-9-6-10-13)15(21)19(16(22)18(17)2)11-14(20)12-7-4-3-5-8-12/h3-7,15-17H,8-14H2,1-2H3;5-9,13-14,16-17H,10-12H2,1-4H3,(H,22,25);5-6,9-10,13H,3-4,7-8,11H2,1-2H3;3-11H,12H2,1-2H3;8-9,11,13H,3-7,10H2,1-2H3;3-5,7-8,13H,6,9-11H2,1-2H3/t;14-,16+,17?,21+;;;;/m.1..../s1. The molecule has 14 aliphatic rings. The van der Waals surface area contributed by atoms with Crippen molar-refractivity contribution < 1.29 is 90.7 Å². The van der Waals surface area contributed by atoms with Gasteiger partial charge in [-0.15, -0.1) is 0 Å². The molecular weight excluding hydrogens is 1890 g/mol. The molecule has 782 valence electrons. The number of imide groups is 5. The molecule has 1 N–H and O–H groups in total. The first-order chi connectivity index (χ1) is 70.4. The largest absolute Gasteiger partial charge is 0.334 e. The van der Waals surface area contributed by atoms with Gasteiger partial charge in [0.2, 0.25) is 0 Å². The lowest BCUT2D eigenvalue weighted by Gasteiger charge is -2.62. The van der Waals surface area contributed by atoms with Crippen molar-refractivity contribution in [2.75, 3.05) is 75.0 Å². The Balaban J connectivity index is 0.000000133. The van der Waals surface area contributed by atoms with Crippen LogP contribution in [0, 0.1) is 64.5 Å². The van der Waals surface area contributed by atoms with Crippen LogP contribution in [0.3, 0.4) is 0 Å². The normalized spacial score (nSPS) is 28.3. The summed E-state index contributed by atoms with van der Waals surface area (Å²) in [6.07, 6.45) is 27.5. The number of pyridine rings is 1. The summed E-state index contributed by atoms with van der Waals surface area (Å²) in [4.78, 5) is 256. The van der Waals surface area contributed by atoms with Gasteiger partial charge in [0.1, 0.15) is 39.8 Å². The number of benzene rings is 5. The third-order valence-corrected chi connectivity index (χ3v) is 35.1. The van der Waals surface area contributed by atoms with Gasteiger partial charge in [-0.2, -0.15) is 0 Å². The number of Topliss-reactive ketones (excluding diaryl/α,β-unsaturated/α-hetero) is 6. The van der Waals surface area contributed by atoms with E-state index in [0.29, 0.717) is 69.5 Å². The van der Waals surface area contributed by atoms with Crippen LogP contribution < -0.4 is 5.32 Å². The molecule has 8 saturated carbocycles. The highest BCUT2D eigenvalue weighted by atomic mass is 19.1. The summed E-state index contributed by atoms with van der Waals surface area (Å²) in [5.41, 5.74) is -2.62. The van der Waals surface area contributed by atoms with Crippen LogP contribution >= 0.6 is 0 Å². The Bertz CT molecular complexity index is 6240. The second kappa shape index (κ2) is 43.8. The molecule has 1 spiro atoms. The van der Waals surface area contributed by atoms with E-state index in [1.807, 2.05) is 39.0 Å². The molecule has 2 aromatic heterocycles. The number of ketones is 6. The van der Waals surface area contributed by atoms with Gasteiger partial charge in [0.05, 0.1) is 44.0 Å². The third kappa shape index (κ3) is 19.9. The van der Waals surface area contributed by atoms with Gasteiger partial charge in [-0.1, -0.05) is 193 Å². The topological polar surface area (TPSA) is 394 Å². The molecule has 17 amide bonds. The highest BCUT2D eigenvalue weighted by Crippen LogP contribution is 2.66. The number of carbonyl (C=O) groups excluding carboxylic acids is 18. The van der Waals surface area contributed by atoms with Crippen molar-refractivity contribution in [3.05, 3.63) is 234 Å². The maximum absolute atomic E-state index is 13.6. The van der Waals surface area contributed by atoms with E-state index in [2.05, 4.69) is 41.0 Å². The molecule has 6 aliphatic heterocycles. The van der Waals surface area contributed by atoms with Crippen LogP contribution in [-0.4, -0.2) is 284 Å². The number of halogens is 1. The van der Waals surface area contributed by atoms with Gasteiger partial charge in [0.25, 0.3) is 41.4 Å². The molecule has 6 saturated heterocycles. The molecule has 5 aromatic carbocycles. The Morgan fingerprint density at radius 3 is 1.15 bits per heavy atom. The quantitative estimate of drug-likeness (QED) is 0.0353. The Kier molecular flexibility index (Phi) is 32.0. The molecule has 148 heavy (non-hydrogen) atoms. The molecule has 6 unspecified atom stereocenters. The van der Waals surface area contributed by atoms with Gasteiger partial charge in [-0.25, -0.2) is 38.3 Å². The van der Waals surface area contributed by atoms with Crippen molar-refractivity contribution in [3.8, 4) is 0 Å². The van der Waals surface area contributed by atoms with E-state index in [1.165, 1.54) is 87.1 Å². The fourth-order valence-electron chi connectivity index (χ4n) is 25.8. The van der Waals surface area contributed by atoms with Crippen LogP contribution in [0.2, 0.25) is 0 Å². The van der Waals surface area contributed by atoms with E-state index >= 15 is 0 Å². The number of likely N-dealkylation sites (tertiary alicyclic amines) is 1. The fourth-order valence-corrected chi connectivity index (χ4v) is 25.8. The first-order valence-corrected chi connectivity index (χ1v) is 51.8. The number of urea groups is 5. The lowest BCUT2D eigenvalue weighted by Crippen LogP contribution is -2.64. The number of rotatable bonds is 23. The molecule has 14 fully saturated rings. The predicted molar refractivity (Wildman–Crippen MR) is 545 cm³/mol. The number of nitrogens with zero attached hydrogens (tertiary/aromatic N) is 14. The number of likely N-dealkylation sites (N-methyl/N-ethyl adjacent to an activating group) is 6.